The van der Waals surface area contributed by atoms with Gasteiger partial charge in [-0.05, 0) is 91.8 Å². The number of ether oxygens (including phenoxy) is 2. The standard InChI is InChI=1S/C48H47N9O8S2/c1-30-11-7-12-31(2)43(30)55-67(62,63)41-25-37(53-45(58)35-16-9-15-34(23-35)36-17-10-20-49-26-36)28-52-48(41)65-22-19-33-14-8-13-32(3)44(33)56-66(60,61)40-24-38(27-51-47(40)64-4)54-46(59)39-29-50-42-18-5-6-21-57(39)42/h7-17,20,23-29,55-56H,5-6,18-19,21-22H2,1-4H3,(H,53,58)(H,54,59). The molecular weight excluding hydrogens is 895 g/mol. The quantitative estimate of drug-likeness (QED) is 0.0730. The Kier molecular flexibility index (Phi) is 13.3. The average Bonchev–Trinajstić information content (AvgIpc) is 3.76. The number of benzene rings is 3. The zero-order chi connectivity index (χ0) is 47.3. The number of methoxy groups -OCH3 is 1. The van der Waals surface area contributed by atoms with Gasteiger partial charge in [-0.3, -0.25) is 24.0 Å². The topological polar surface area (TPSA) is 225 Å². The van der Waals surface area contributed by atoms with E-state index in [1.165, 1.54) is 37.8 Å². The monoisotopic (exact) mass is 941 g/mol. The van der Waals surface area contributed by atoms with Crippen molar-refractivity contribution in [3.05, 3.63) is 155 Å². The lowest BCUT2D eigenvalue weighted by Gasteiger charge is -2.18. The number of imidazole rings is 1. The fourth-order valence-electron chi connectivity index (χ4n) is 7.71. The summed E-state index contributed by atoms with van der Waals surface area (Å²) >= 11 is 0. The summed E-state index contributed by atoms with van der Waals surface area (Å²) in [6.45, 7) is 5.80. The van der Waals surface area contributed by atoms with Gasteiger partial charge in [-0.25, -0.2) is 31.8 Å². The van der Waals surface area contributed by atoms with Gasteiger partial charge in [0.05, 0.1) is 55.1 Å². The lowest BCUT2D eigenvalue weighted by Crippen LogP contribution is -2.21. The van der Waals surface area contributed by atoms with E-state index >= 15 is 0 Å². The van der Waals surface area contributed by atoms with Gasteiger partial charge in [-0.1, -0.05) is 54.6 Å². The number of carbonyl (C=O) groups excluding carboxylic acids is 2. The number of hydrogen-bond acceptors (Lipinski definition) is 12. The molecule has 0 atom stereocenters. The summed E-state index contributed by atoms with van der Waals surface area (Å²) in [5, 5.41) is 5.51. The Bertz CT molecular complexity index is 3210. The van der Waals surface area contributed by atoms with Gasteiger partial charge in [0.1, 0.15) is 11.5 Å². The summed E-state index contributed by atoms with van der Waals surface area (Å²) in [6.07, 6.45) is 10.2. The third-order valence-electron chi connectivity index (χ3n) is 11.2. The highest BCUT2D eigenvalue weighted by Gasteiger charge is 2.27. The average molecular weight is 942 g/mol. The summed E-state index contributed by atoms with van der Waals surface area (Å²) < 4.78 is 75.5. The van der Waals surface area contributed by atoms with E-state index in [1.807, 2.05) is 22.8 Å². The van der Waals surface area contributed by atoms with Crippen LogP contribution in [0.2, 0.25) is 0 Å². The minimum absolute atomic E-state index is 0.0933. The van der Waals surface area contributed by atoms with Gasteiger partial charge in [0, 0.05) is 42.9 Å². The van der Waals surface area contributed by atoms with Crippen molar-refractivity contribution in [3.8, 4) is 22.9 Å². The molecule has 0 saturated heterocycles. The number of para-hydroxylation sites is 2. The largest absolute Gasteiger partial charge is 0.480 e. The Morgan fingerprint density at radius 2 is 1.30 bits per heavy atom. The fraction of sp³-hybridized carbons (Fsp3) is 0.208. The minimum atomic E-state index is -4.40. The number of sulfonamides is 2. The zero-order valence-corrected chi connectivity index (χ0v) is 38.7. The van der Waals surface area contributed by atoms with Gasteiger partial charge in [0.25, 0.3) is 31.9 Å². The first-order valence-corrected chi connectivity index (χ1v) is 24.2. The Labute approximate surface area is 388 Å². The maximum Gasteiger partial charge on any atom is 0.273 e. The van der Waals surface area contributed by atoms with Crippen LogP contribution in [0.4, 0.5) is 22.7 Å². The molecule has 344 valence electrons. The van der Waals surface area contributed by atoms with E-state index < -0.39 is 31.9 Å². The number of amides is 2. The van der Waals surface area contributed by atoms with Crippen LogP contribution in [0.1, 0.15) is 61.8 Å². The van der Waals surface area contributed by atoms with Crippen LogP contribution in [0.15, 0.2) is 126 Å². The summed E-state index contributed by atoms with van der Waals surface area (Å²) in [4.78, 5) is 43.3. The number of hydrogen-bond donors (Lipinski definition) is 4. The molecule has 8 rings (SSSR count). The van der Waals surface area contributed by atoms with Crippen molar-refractivity contribution in [1.82, 2.24) is 24.5 Å². The van der Waals surface area contributed by atoms with E-state index in [4.69, 9.17) is 9.47 Å². The number of rotatable bonds is 16. The van der Waals surface area contributed by atoms with Crippen LogP contribution in [0.5, 0.6) is 11.8 Å². The second-order valence-corrected chi connectivity index (χ2v) is 19.1. The Morgan fingerprint density at radius 3 is 2.00 bits per heavy atom. The second kappa shape index (κ2) is 19.4. The molecule has 3 aromatic carbocycles. The molecule has 7 aromatic rings. The first-order valence-electron chi connectivity index (χ1n) is 21.3. The lowest BCUT2D eigenvalue weighted by molar-refractivity contribution is 0.101. The van der Waals surface area contributed by atoms with Gasteiger partial charge >= 0.3 is 0 Å². The number of pyridine rings is 3. The van der Waals surface area contributed by atoms with Crippen LogP contribution in [0, 0.1) is 20.8 Å². The molecule has 4 N–H and O–H groups in total. The summed E-state index contributed by atoms with van der Waals surface area (Å²) in [6, 6.07) is 23.7. The lowest BCUT2D eigenvalue weighted by atomic mass is 10.0. The second-order valence-electron chi connectivity index (χ2n) is 15.8. The van der Waals surface area contributed by atoms with Crippen molar-refractivity contribution in [2.75, 3.05) is 33.8 Å². The molecule has 1 aliphatic heterocycles. The molecular formula is C48H47N9O8S2. The Morgan fingerprint density at radius 1 is 0.672 bits per heavy atom. The number of fused-ring (bicyclic) bond motifs is 1. The van der Waals surface area contributed by atoms with Crippen molar-refractivity contribution >= 4 is 54.6 Å². The molecule has 0 unspecified atom stereocenters. The van der Waals surface area contributed by atoms with Gasteiger partial charge < -0.3 is 24.7 Å². The van der Waals surface area contributed by atoms with Crippen LogP contribution in [0.3, 0.4) is 0 Å². The highest BCUT2D eigenvalue weighted by molar-refractivity contribution is 7.93. The van der Waals surface area contributed by atoms with E-state index in [1.54, 1.807) is 87.8 Å². The maximum atomic E-state index is 14.2. The van der Waals surface area contributed by atoms with Gasteiger partial charge in [0.2, 0.25) is 11.8 Å². The van der Waals surface area contributed by atoms with E-state index in [9.17, 15) is 26.4 Å². The third kappa shape index (κ3) is 10.3. The SMILES string of the molecule is COc1ncc(NC(=O)c2cnc3n2CCCC3)cc1S(=O)(=O)Nc1c(C)cccc1CCOc1ncc(NC(=O)c2cccc(-c3cccnc3)c2)cc1S(=O)(=O)Nc1c(C)cccc1C. The normalized spacial score (nSPS) is 12.4. The van der Waals surface area contributed by atoms with Gasteiger partial charge in [-0.15, -0.1) is 0 Å². The molecule has 0 aliphatic carbocycles. The van der Waals surface area contributed by atoms with Crippen LogP contribution < -0.4 is 29.6 Å². The summed E-state index contributed by atoms with van der Waals surface area (Å²) in [7, 11) is -7.50. The molecule has 0 bridgehead atoms. The molecule has 19 heteroatoms. The molecule has 0 fully saturated rings. The van der Waals surface area contributed by atoms with Gasteiger partial charge in [-0.2, -0.15) is 0 Å². The van der Waals surface area contributed by atoms with Crippen LogP contribution in [-0.2, 0) is 39.4 Å². The number of nitrogens with one attached hydrogen (secondary N) is 4. The molecule has 17 nitrogen and oxygen atoms in total. The highest BCUT2D eigenvalue weighted by atomic mass is 32.2. The van der Waals surface area contributed by atoms with Crippen LogP contribution >= 0.6 is 0 Å². The van der Waals surface area contributed by atoms with Crippen molar-refractivity contribution in [1.29, 1.82) is 0 Å². The summed E-state index contributed by atoms with van der Waals surface area (Å²) in [5.41, 5.74) is 5.57. The fourth-order valence-corrected chi connectivity index (χ4v) is 10.4. The molecule has 0 saturated carbocycles. The first kappa shape index (κ1) is 45.9. The smallest absolute Gasteiger partial charge is 0.273 e. The van der Waals surface area contributed by atoms with Crippen molar-refractivity contribution in [2.45, 2.75) is 62.8 Å². The van der Waals surface area contributed by atoms with Crippen molar-refractivity contribution in [3.63, 3.8) is 0 Å². The van der Waals surface area contributed by atoms with Crippen LogP contribution in [-0.4, -0.2) is 66.9 Å². The van der Waals surface area contributed by atoms with E-state index in [2.05, 4.69) is 40.0 Å². The predicted octanol–water partition coefficient (Wildman–Crippen LogP) is 7.73. The predicted molar refractivity (Wildman–Crippen MR) is 254 cm³/mol. The van der Waals surface area contributed by atoms with E-state index in [-0.39, 0.29) is 51.6 Å². The van der Waals surface area contributed by atoms with E-state index in [0.29, 0.717) is 45.7 Å². The number of anilines is 4. The highest BCUT2D eigenvalue weighted by Crippen LogP contribution is 2.33. The zero-order valence-electron chi connectivity index (χ0n) is 37.0. The number of aromatic nitrogens is 5. The van der Waals surface area contributed by atoms with Crippen LogP contribution in [0.25, 0.3) is 11.1 Å². The van der Waals surface area contributed by atoms with E-state index in [0.717, 1.165) is 36.2 Å². The molecule has 0 spiro atoms. The minimum Gasteiger partial charge on any atom is -0.480 e. The summed E-state index contributed by atoms with van der Waals surface area (Å²) in [5.74, 6) is -0.588. The maximum absolute atomic E-state index is 14.2. The molecule has 2 amide bonds. The molecule has 1 aliphatic rings. The number of aryl methyl sites for hydroxylation is 4. The molecule has 67 heavy (non-hydrogen) atoms. The number of nitrogens with zero attached hydrogens (tertiary/aromatic N) is 5. The molecule has 0 radical (unpaired) electrons. The van der Waals surface area contributed by atoms with Gasteiger partial charge in [0.15, 0.2) is 9.79 Å². The molecule has 5 heterocycles. The Hall–Kier alpha value is -7.64. The first-order chi connectivity index (χ1) is 32.2. The Balaban J connectivity index is 1.03. The van der Waals surface area contributed by atoms with Crippen molar-refractivity contribution < 1.29 is 35.9 Å². The molecule has 4 aromatic heterocycles. The number of carbonyl (C=O) groups is 2. The third-order valence-corrected chi connectivity index (χ3v) is 13.9. The van der Waals surface area contributed by atoms with Crippen molar-refractivity contribution in [2.24, 2.45) is 0 Å².